The van der Waals surface area contributed by atoms with Crippen LogP contribution in [0.2, 0.25) is 0 Å². The smallest absolute Gasteiger partial charge is 0.229 e. The van der Waals surface area contributed by atoms with Crippen LogP contribution < -0.4 is 10.6 Å². The van der Waals surface area contributed by atoms with E-state index in [0.29, 0.717) is 12.8 Å². The van der Waals surface area contributed by atoms with Gasteiger partial charge in [-0.3, -0.25) is 9.59 Å². The molecule has 0 saturated heterocycles. The van der Waals surface area contributed by atoms with Crippen molar-refractivity contribution < 1.29 is 9.59 Å². The number of anilines is 1. The SMILES string of the molecule is CNC(=O)Cc1ccc(NC(=O)Cc2cccs2)cc1. The molecular weight excluding hydrogens is 272 g/mol. The van der Waals surface area contributed by atoms with Crippen molar-refractivity contribution >= 4 is 28.8 Å². The topological polar surface area (TPSA) is 58.2 Å². The third-order valence-electron chi connectivity index (χ3n) is 2.80. The summed E-state index contributed by atoms with van der Waals surface area (Å²) in [7, 11) is 1.61. The maximum absolute atomic E-state index is 11.8. The molecule has 1 heterocycles. The molecule has 1 aromatic heterocycles. The van der Waals surface area contributed by atoms with E-state index in [1.165, 1.54) is 0 Å². The largest absolute Gasteiger partial charge is 0.359 e. The van der Waals surface area contributed by atoms with Gasteiger partial charge in [-0.2, -0.15) is 0 Å². The highest BCUT2D eigenvalue weighted by Crippen LogP contribution is 2.13. The van der Waals surface area contributed by atoms with Gasteiger partial charge in [-0.05, 0) is 29.1 Å². The predicted molar refractivity (Wildman–Crippen MR) is 80.9 cm³/mol. The second-order valence-corrected chi connectivity index (χ2v) is 5.38. The fourth-order valence-corrected chi connectivity index (χ4v) is 2.46. The number of hydrogen-bond donors (Lipinski definition) is 2. The normalized spacial score (nSPS) is 10.1. The second kappa shape index (κ2) is 6.86. The number of carbonyl (C=O) groups is 2. The predicted octanol–water partition coefficient (Wildman–Crippen LogP) is 2.22. The molecule has 2 aromatic rings. The Bertz CT molecular complexity index is 576. The second-order valence-electron chi connectivity index (χ2n) is 4.35. The molecule has 2 rings (SSSR count). The minimum Gasteiger partial charge on any atom is -0.359 e. The minimum atomic E-state index is -0.0356. The first-order chi connectivity index (χ1) is 9.67. The first kappa shape index (κ1) is 14.3. The van der Waals surface area contributed by atoms with Crippen molar-refractivity contribution in [1.82, 2.24) is 5.32 Å². The summed E-state index contributed by atoms with van der Waals surface area (Å²) in [5.41, 5.74) is 1.66. The average molecular weight is 288 g/mol. The van der Waals surface area contributed by atoms with Gasteiger partial charge in [0.2, 0.25) is 11.8 Å². The maximum Gasteiger partial charge on any atom is 0.229 e. The van der Waals surface area contributed by atoms with Gasteiger partial charge in [0.25, 0.3) is 0 Å². The molecule has 0 aliphatic heterocycles. The van der Waals surface area contributed by atoms with Gasteiger partial charge in [0.1, 0.15) is 0 Å². The quantitative estimate of drug-likeness (QED) is 0.886. The van der Waals surface area contributed by atoms with Crippen LogP contribution in [0.25, 0.3) is 0 Å². The number of rotatable bonds is 5. The zero-order valence-electron chi connectivity index (χ0n) is 11.2. The van der Waals surface area contributed by atoms with Crippen LogP contribution in [-0.2, 0) is 22.4 Å². The highest BCUT2D eigenvalue weighted by Gasteiger charge is 2.05. The Morgan fingerprint density at radius 1 is 1.05 bits per heavy atom. The van der Waals surface area contributed by atoms with E-state index >= 15 is 0 Å². The molecule has 1 aromatic carbocycles. The lowest BCUT2D eigenvalue weighted by Crippen LogP contribution is -2.19. The number of nitrogens with one attached hydrogen (secondary N) is 2. The Morgan fingerprint density at radius 2 is 1.80 bits per heavy atom. The Labute approximate surface area is 121 Å². The molecule has 0 spiro atoms. The van der Waals surface area contributed by atoms with Crippen LogP contribution in [0, 0.1) is 0 Å². The van der Waals surface area contributed by atoms with E-state index in [9.17, 15) is 9.59 Å². The van der Waals surface area contributed by atoms with E-state index in [-0.39, 0.29) is 11.8 Å². The van der Waals surface area contributed by atoms with Crippen LogP contribution in [0.5, 0.6) is 0 Å². The molecule has 104 valence electrons. The molecule has 0 radical (unpaired) electrons. The Balaban J connectivity index is 1.90. The van der Waals surface area contributed by atoms with E-state index in [4.69, 9.17) is 0 Å². The van der Waals surface area contributed by atoms with E-state index in [1.807, 2.05) is 41.8 Å². The zero-order valence-corrected chi connectivity index (χ0v) is 12.0. The van der Waals surface area contributed by atoms with Gasteiger partial charge in [0, 0.05) is 17.6 Å². The van der Waals surface area contributed by atoms with Gasteiger partial charge in [0.05, 0.1) is 12.8 Å². The van der Waals surface area contributed by atoms with Crippen LogP contribution in [0.4, 0.5) is 5.69 Å². The zero-order chi connectivity index (χ0) is 14.4. The molecule has 0 aliphatic rings. The molecule has 0 aliphatic carbocycles. The van der Waals surface area contributed by atoms with Crippen molar-refractivity contribution in [3.05, 3.63) is 52.2 Å². The van der Waals surface area contributed by atoms with Gasteiger partial charge in [-0.25, -0.2) is 0 Å². The number of likely N-dealkylation sites (N-methyl/N-ethyl adjacent to an activating group) is 1. The molecule has 0 unspecified atom stereocenters. The summed E-state index contributed by atoms with van der Waals surface area (Å²) in [4.78, 5) is 24.1. The summed E-state index contributed by atoms with van der Waals surface area (Å²) in [6.45, 7) is 0. The number of hydrogen-bond acceptors (Lipinski definition) is 3. The van der Waals surface area contributed by atoms with E-state index in [0.717, 1.165) is 16.1 Å². The fourth-order valence-electron chi connectivity index (χ4n) is 1.76. The number of amides is 2. The van der Waals surface area contributed by atoms with Gasteiger partial charge in [-0.1, -0.05) is 18.2 Å². The monoisotopic (exact) mass is 288 g/mol. The lowest BCUT2D eigenvalue weighted by atomic mass is 10.1. The third kappa shape index (κ3) is 4.20. The molecule has 20 heavy (non-hydrogen) atoms. The van der Waals surface area contributed by atoms with Crippen LogP contribution in [0.15, 0.2) is 41.8 Å². The summed E-state index contributed by atoms with van der Waals surface area (Å²) in [6.07, 6.45) is 0.734. The van der Waals surface area contributed by atoms with Crippen molar-refractivity contribution in [1.29, 1.82) is 0 Å². The Morgan fingerprint density at radius 3 is 2.40 bits per heavy atom. The van der Waals surface area contributed by atoms with Crippen molar-refractivity contribution in [3.63, 3.8) is 0 Å². The van der Waals surface area contributed by atoms with E-state index < -0.39 is 0 Å². The van der Waals surface area contributed by atoms with Gasteiger partial charge >= 0.3 is 0 Å². The molecule has 2 N–H and O–H groups in total. The lowest BCUT2D eigenvalue weighted by Gasteiger charge is -2.06. The average Bonchev–Trinajstić information content (AvgIpc) is 2.93. The molecule has 5 heteroatoms. The standard InChI is InChI=1S/C15H16N2O2S/c1-16-14(18)9-11-4-6-12(7-5-11)17-15(19)10-13-3-2-8-20-13/h2-8H,9-10H2,1H3,(H,16,18)(H,17,19). The number of benzene rings is 1. The molecule has 2 amide bonds. The molecule has 4 nitrogen and oxygen atoms in total. The summed E-state index contributed by atoms with van der Waals surface area (Å²) in [5.74, 6) is -0.0639. The number of carbonyl (C=O) groups excluding carboxylic acids is 2. The van der Waals surface area contributed by atoms with Gasteiger partial charge in [0.15, 0.2) is 0 Å². The maximum atomic E-state index is 11.8. The molecule has 0 fully saturated rings. The van der Waals surface area contributed by atoms with E-state index in [1.54, 1.807) is 18.4 Å². The van der Waals surface area contributed by atoms with E-state index in [2.05, 4.69) is 10.6 Å². The molecular formula is C15H16N2O2S. The summed E-state index contributed by atoms with van der Waals surface area (Å²) < 4.78 is 0. The van der Waals surface area contributed by atoms with Crippen molar-refractivity contribution in [2.75, 3.05) is 12.4 Å². The summed E-state index contributed by atoms with van der Waals surface area (Å²) in [5, 5.41) is 7.37. The van der Waals surface area contributed by atoms with Gasteiger partial charge < -0.3 is 10.6 Å². The lowest BCUT2D eigenvalue weighted by molar-refractivity contribution is -0.120. The molecule has 0 atom stereocenters. The fraction of sp³-hybridized carbons (Fsp3) is 0.200. The van der Waals surface area contributed by atoms with Crippen LogP contribution >= 0.6 is 11.3 Å². The molecule has 0 bridgehead atoms. The van der Waals surface area contributed by atoms with Crippen molar-refractivity contribution in [2.24, 2.45) is 0 Å². The van der Waals surface area contributed by atoms with Gasteiger partial charge in [-0.15, -0.1) is 11.3 Å². The Hall–Kier alpha value is -2.14. The summed E-state index contributed by atoms with van der Waals surface area (Å²) in [6, 6.07) is 11.2. The van der Waals surface area contributed by atoms with Crippen LogP contribution in [-0.4, -0.2) is 18.9 Å². The van der Waals surface area contributed by atoms with Crippen LogP contribution in [0.3, 0.4) is 0 Å². The first-order valence-electron chi connectivity index (χ1n) is 6.29. The number of thiophene rings is 1. The third-order valence-corrected chi connectivity index (χ3v) is 3.67. The highest BCUT2D eigenvalue weighted by atomic mass is 32.1. The first-order valence-corrected chi connectivity index (χ1v) is 7.17. The van der Waals surface area contributed by atoms with Crippen LogP contribution in [0.1, 0.15) is 10.4 Å². The minimum absolute atomic E-state index is 0.0283. The Kier molecular flexibility index (Phi) is 4.90. The van der Waals surface area contributed by atoms with Crippen molar-refractivity contribution in [2.45, 2.75) is 12.8 Å². The van der Waals surface area contributed by atoms with Crippen molar-refractivity contribution in [3.8, 4) is 0 Å². The summed E-state index contributed by atoms with van der Waals surface area (Å²) >= 11 is 1.57. The highest BCUT2D eigenvalue weighted by molar-refractivity contribution is 7.10. The molecule has 0 saturated carbocycles.